The number of carbonyl (C=O) groups is 1. The first-order valence-corrected chi connectivity index (χ1v) is 5.85. The Hall–Kier alpha value is -1.61. The predicted molar refractivity (Wildman–Crippen MR) is 66.1 cm³/mol. The number of rotatable bonds is 3. The Morgan fingerprint density at radius 3 is 2.82 bits per heavy atom. The predicted octanol–water partition coefficient (Wildman–Crippen LogP) is 2.42. The van der Waals surface area contributed by atoms with Crippen LogP contribution < -0.4 is 0 Å². The summed E-state index contributed by atoms with van der Waals surface area (Å²) < 4.78 is 5.35. The highest BCUT2D eigenvalue weighted by Crippen LogP contribution is 2.39. The van der Waals surface area contributed by atoms with E-state index in [1.165, 1.54) is 10.9 Å². The van der Waals surface area contributed by atoms with E-state index in [9.17, 15) is 4.79 Å². The van der Waals surface area contributed by atoms with Crippen molar-refractivity contribution in [1.82, 2.24) is 4.98 Å². The molecule has 0 amide bonds. The molecule has 1 N–H and O–H groups in total. The lowest BCUT2D eigenvalue weighted by atomic mass is 9.75. The van der Waals surface area contributed by atoms with Crippen LogP contribution in [0, 0.1) is 0 Å². The first-order chi connectivity index (χ1) is 8.21. The maximum Gasteiger partial charge on any atom is 0.130 e. The average molecular weight is 229 g/mol. The summed E-state index contributed by atoms with van der Waals surface area (Å²) in [6, 6.07) is 8.19. The third-order valence-corrected chi connectivity index (χ3v) is 3.50. The summed E-state index contributed by atoms with van der Waals surface area (Å²) in [4.78, 5) is 14.7. The zero-order chi connectivity index (χ0) is 11.9. The fourth-order valence-electron chi connectivity index (χ4n) is 2.69. The van der Waals surface area contributed by atoms with E-state index < -0.39 is 0 Å². The number of aromatic nitrogens is 1. The van der Waals surface area contributed by atoms with Gasteiger partial charge in [-0.05, 0) is 18.6 Å². The van der Waals surface area contributed by atoms with Gasteiger partial charge in [-0.3, -0.25) is 4.79 Å². The largest absolute Gasteiger partial charge is 0.379 e. The highest BCUT2D eigenvalue weighted by molar-refractivity contribution is 5.86. The Labute approximate surface area is 99.8 Å². The van der Waals surface area contributed by atoms with Gasteiger partial charge in [0.15, 0.2) is 0 Å². The monoisotopic (exact) mass is 229 g/mol. The van der Waals surface area contributed by atoms with Crippen molar-refractivity contribution < 1.29 is 9.53 Å². The number of carbonyl (C=O) groups excluding carboxylic acids is 1. The van der Waals surface area contributed by atoms with E-state index in [4.69, 9.17) is 4.74 Å². The molecule has 2 aromatic rings. The number of hydrogen-bond donors (Lipinski definition) is 1. The molecular weight excluding hydrogens is 214 g/mol. The van der Waals surface area contributed by atoms with Gasteiger partial charge in [0.25, 0.3) is 0 Å². The molecule has 1 saturated heterocycles. The molecule has 0 radical (unpaired) electrons. The third-order valence-electron chi connectivity index (χ3n) is 3.50. The van der Waals surface area contributed by atoms with Gasteiger partial charge in [0.1, 0.15) is 5.78 Å². The molecule has 0 saturated carbocycles. The Kier molecular flexibility index (Phi) is 2.30. The van der Waals surface area contributed by atoms with Crippen molar-refractivity contribution in [3.63, 3.8) is 0 Å². The van der Waals surface area contributed by atoms with Gasteiger partial charge < -0.3 is 9.72 Å². The third kappa shape index (κ3) is 1.58. The number of ketones is 1. The molecule has 3 nitrogen and oxygen atoms in total. The molecule has 1 aliphatic heterocycles. The van der Waals surface area contributed by atoms with Gasteiger partial charge in [0.05, 0.1) is 18.6 Å². The highest BCUT2D eigenvalue weighted by Gasteiger charge is 2.42. The molecule has 2 heterocycles. The zero-order valence-electron chi connectivity index (χ0n) is 9.82. The second kappa shape index (κ2) is 3.70. The summed E-state index contributed by atoms with van der Waals surface area (Å²) in [7, 11) is 0. The number of fused-ring (bicyclic) bond motifs is 1. The van der Waals surface area contributed by atoms with Crippen LogP contribution >= 0.6 is 0 Å². The average Bonchev–Trinajstić information content (AvgIpc) is 2.67. The van der Waals surface area contributed by atoms with E-state index in [2.05, 4.69) is 17.1 Å². The maximum atomic E-state index is 11.4. The van der Waals surface area contributed by atoms with Crippen molar-refractivity contribution >= 4 is 16.7 Å². The number of benzene rings is 1. The molecule has 17 heavy (non-hydrogen) atoms. The van der Waals surface area contributed by atoms with Crippen LogP contribution in [0.15, 0.2) is 30.5 Å². The van der Waals surface area contributed by atoms with Gasteiger partial charge in [-0.15, -0.1) is 0 Å². The Balaban J connectivity index is 2.10. The molecule has 1 fully saturated rings. The van der Waals surface area contributed by atoms with Gasteiger partial charge in [-0.25, -0.2) is 0 Å². The molecule has 1 aromatic heterocycles. The van der Waals surface area contributed by atoms with Crippen LogP contribution in [0.2, 0.25) is 0 Å². The van der Waals surface area contributed by atoms with Crippen LogP contribution in [0.25, 0.3) is 10.9 Å². The molecule has 1 aliphatic rings. The van der Waals surface area contributed by atoms with Crippen LogP contribution in [0.3, 0.4) is 0 Å². The zero-order valence-corrected chi connectivity index (χ0v) is 9.82. The van der Waals surface area contributed by atoms with Gasteiger partial charge in [0.2, 0.25) is 0 Å². The quantitative estimate of drug-likeness (QED) is 0.878. The van der Waals surface area contributed by atoms with E-state index in [0.29, 0.717) is 19.6 Å². The molecule has 3 heteroatoms. The summed E-state index contributed by atoms with van der Waals surface area (Å²) in [6.07, 6.45) is 2.59. The van der Waals surface area contributed by atoms with E-state index in [1.54, 1.807) is 6.92 Å². The number of hydrogen-bond acceptors (Lipinski definition) is 2. The fourth-order valence-corrected chi connectivity index (χ4v) is 2.69. The molecule has 0 spiro atoms. The second-order valence-electron chi connectivity index (χ2n) is 4.90. The molecule has 0 atom stereocenters. The Morgan fingerprint density at radius 2 is 2.18 bits per heavy atom. The summed E-state index contributed by atoms with van der Waals surface area (Å²) in [5.74, 6) is 0.221. The van der Waals surface area contributed by atoms with Crippen molar-refractivity contribution in [2.75, 3.05) is 13.2 Å². The first-order valence-electron chi connectivity index (χ1n) is 5.85. The number of ether oxygens (including phenoxy) is 1. The second-order valence-corrected chi connectivity index (χ2v) is 4.90. The van der Waals surface area contributed by atoms with Crippen molar-refractivity contribution in [3.8, 4) is 0 Å². The number of aromatic amines is 1. The lowest BCUT2D eigenvalue weighted by molar-refractivity contribution is -0.125. The van der Waals surface area contributed by atoms with Crippen LogP contribution in [0.4, 0.5) is 0 Å². The molecule has 1 aromatic carbocycles. The van der Waals surface area contributed by atoms with E-state index in [-0.39, 0.29) is 11.2 Å². The fraction of sp³-hybridized carbons (Fsp3) is 0.357. The minimum absolute atomic E-state index is 0.106. The lowest BCUT2D eigenvalue weighted by Gasteiger charge is -2.41. The topological polar surface area (TPSA) is 42.1 Å². The van der Waals surface area contributed by atoms with Gasteiger partial charge in [-0.2, -0.15) is 0 Å². The number of Topliss-reactive ketones (excluding diaryl/α,β-unsaturated/α-hetero) is 1. The summed E-state index contributed by atoms with van der Waals surface area (Å²) in [5.41, 5.74) is 2.23. The van der Waals surface area contributed by atoms with Gasteiger partial charge in [-0.1, -0.05) is 18.2 Å². The Morgan fingerprint density at radius 1 is 1.41 bits per heavy atom. The van der Waals surface area contributed by atoms with Crippen LogP contribution in [-0.4, -0.2) is 24.0 Å². The van der Waals surface area contributed by atoms with Crippen molar-refractivity contribution in [2.45, 2.75) is 18.8 Å². The molecular formula is C14H15NO2. The molecule has 88 valence electrons. The van der Waals surface area contributed by atoms with E-state index in [1.807, 2.05) is 18.3 Å². The minimum atomic E-state index is -0.106. The summed E-state index contributed by atoms with van der Waals surface area (Å²) >= 11 is 0. The van der Waals surface area contributed by atoms with Gasteiger partial charge >= 0.3 is 0 Å². The summed E-state index contributed by atoms with van der Waals surface area (Å²) in [6.45, 7) is 2.94. The molecule has 0 unspecified atom stereocenters. The number of nitrogens with one attached hydrogen (secondary N) is 1. The summed E-state index contributed by atoms with van der Waals surface area (Å²) in [5, 5.41) is 1.21. The first kappa shape index (κ1) is 10.5. The highest BCUT2D eigenvalue weighted by atomic mass is 16.5. The Bertz CT molecular complexity index is 566. The maximum absolute atomic E-state index is 11.4. The van der Waals surface area contributed by atoms with Crippen molar-refractivity contribution in [2.24, 2.45) is 0 Å². The van der Waals surface area contributed by atoms with Gasteiger partial charge in [0, 0.05) is 23.5 Å². The SMILES string of the molecule is CC(=O)CC1(c2c[nH]c3ccccc23)COC1. The molecule has 3 rings (SSSR count). The minimum Gasteiger partial charge on any atom is -0.379 e. The number of para-hydroxylation sites is 1. The van der Waals surface area contributed by atoms with Crippen molar-refractivity contribution in [3.05, 3.63) is 36.0 Å². The smallest absolute Gasteiger partial charge is 0.130 e. The van der Waals surface area contributed by atoms with Crippen LogP contribution in [0.1, 0.15) is 18.9 Å². The molecule has 0 bridgehead atoms. The molecule has 0 aliphatic carbocycles. The number of H-pyrrole nitrogens is 1. The normalized spacial score (nSPS) is 17.9. The van der Waals surface area contributed by atoms with E-state index >= 15 is 0 Å². The van der Waals surface area contributed by atoms with E-state index in [0.717, 1.165) is 5.52 Å². The standard InChI is InChI=1S/C14H15NO2/c1-10(16)6-14(8-17-9-14)12-7-15-13-5-3-2-4-11(12)13/h2-5,7,15H,6,8-9H2,1H3. The van der Waals surface area contributed by atoms with Crippen LogP contribution in [-0.2, 0) is 14.9 Å². The van der Waals surface area contributed by atoms with Crippen molar-refractivity contribution in [1.29, 1.82) is 0 Å². The lowest BCUT2D eigenvalue weighted by Crippen LogP contribution is -2.47. The van der Waals surface area contributed by atoms with Crippen LogP contribution in [0.5, 0.6) is 0 Å².